The lowest BCUT2D eigenvalue weighted by atomic mass is 10.2. The van der Waals surface area contributed by atoms with Crippen LogP contribution in [0.5, 0.6) is 0 Å². The van der Waals surface area contributed by atoms with E-state index in [0.29, 0.717) is 24.5 Å². The third-order valence-corrected chi connectivity index (χ3v) is 4.43. The van der Waals surface area contributed by atoms with Crippen LogP contribution in [0.4, 0.5) is 20.6 Å². The van der Waals surface area contributed by atoms with Gasteiger partial charge in [0.1, 0.15) is 12.4 Å². The molecule has 1 amide bonds. The molecule has 0 saturated heterocycles. The van der Waals surface area contributed by atoms with E-state index in [1.807, 2.05) is 47.4 Å². The number of amides is 1. The SMILES string of the molecule is O=C(Nc1ccc(N2Cc3cccnc3C2)c(F)c1)OCc1ccccc1. The van der Waals surface area contributed by atoms with Crippen LogP contribution in [0.3, 0.4) is 0 Å². The molecule has 2 heterocycles. The zero-order chi connectivity index (χ0) is 18.6. The Morgan fingerprint density at radius 1 is 1.11 bits per heavy atom. The second-order valence-electron chi connectivity index (χ2n) is 6.32. The van der Waals surface area contributed by atoms with E-state index >= 15 is 0 Å². The van der Waals surface area contributed by atoms with Crippen molar-refractivity contribution < 1.29 is 13.9 Å². The number of benzene rings is 2. The molecule has 0 radical (unpaired) electrons. The molecule has 1 aromatic heterocycles. The Kier molecular flexibility index (Phi) is 4.70. The maximum absolute atomic E-state index is 14.6. The van der Waals surface area contributed by atoms with Gasteiger partial charge in [0.15, 0.2) is 0 Å². The van der Waals surface area contributed by atoms with Crippen LogP contribution in [-0.4, -0.2) is 11.1 Å². The summed E-state index contributed by atoms with van der Waals surface area (Å²) in [6, 6.07) is 17.9. The molecular formula is C21H18FN3O2. The third kappa shape index (κ3) is 3.89. The lowest BCUT2D eigenvalue weighted by Gasteiger charge is -2.18. The van der Waals surface area contributed by atoms with E-state index < -0.39 is 11.9 Å². The molecule has 5 nitrogen and oxygen atoms in total. The molecule has 4 rings (SSSR count). The number of anilines is 2. The largest absolute Gasteiger partial charge is 0.444 e. The Balaban J connectivity index is 1.38. The summed E-state index contributed by atoms with van der Waals surface area (Å²) in [6.07, 6.45) is 1.12. The minimum Gasteiger partial charge on any atom is -0.444 e. The average Bonchev–Trinajstić information content (AvgIpc) is 3.11. The number of aromatic nitrogens is 1. The van der Waals surface area contributed by atoms with E-state index in [0.717, 1.165) is 16.8 Å². The Bertz CT molecular complexity index is 938. The summed E-state index contributed by atoms with van der Waals surface area (Å²) in [7, 11) is 0. The van der Waals surface area contributed by atoms with E-state index in [1.54, 1.807) is 18.3 Å². The topological polar surface area (TPSA) is 54.5 Å². The van der Waals surface area contributed by atoms with E-state index in [2.05, 4.69) is 10.3 Å². The fourth-order valence-corrected chi connectivity index (χ4v) is 3.09. The molecule has 0 fully saturated rings. The quantitative estimate of drug-likeness (QED) is 0.742. The van der Waals surface area contributed by atoms with E-state index in [1.165, 1.54) is 6.07 Å². The second kappa shape index (κ2) is 7.45. The number of hydrogen-bond donors (Lipinski definition) is 1. The molecule has 0 atom stereocenters. The number of pyridine rings is 1. The summed E-state index contributed by atoms with van der Waals surface area (Å²) in [5.41, 5.74) is 3.78. The Morgan fingerprint density at radius 2 is 1.96 bits per heavy atom. The molecule has 0 aliphatic carbocycles. The van der Waals surface area contributed by atoms with Crippen molar-refractivity contribution in [2.24, 2.45) is 0 Å². The van der Waals surface area contributed by atoms with Gasteiger partial charge in [0, 0.05) is 18.4 Å². The predicted molar refractivity (Wildman–Crippen MR) is 101 cm³/mol. The highest BCUT2D eigenvalue weighted by Crippen LogP contribution is 2.30. The van der Waals surface area contributed by atoms with Crippen LogP contribution < -0.4 is 10.2 Å². The van der Waals surface area contributed by atoms with Gasteiger partial charge in [-0.1, -0.05) is 36.4 Å². The minimum absolute atomic E-state index is 0.159. The van der Waals surface area contributed by atoms with Crippen LogP contribution >= 0.6 is 0 Å². The summed E-state index contributed by atoms with van der Waals surface area (Å²) in [6.45, 7) is 1.34. The number of halogens is 1. The first-order chi connectivity index (χ1) is 13.2. The van der Waals surface area contributed by atoms with Gasteiger partial charge >= 0.3 is 6.09 Å². The van der Waals surface area contributed by atoms with Gasteiger partial charge in [-0.2, -0.15) is 0 Å². The normalized spacial score (nSPS) is 12.6. The van der Waals surface area contributed by atoms with Gasteiger partial charge in [0.2, 0.25) is 0 Å². The van der Waals surface area contributed by atoms with Crippen LogP contribution in [0, 0.1) is 5.82 Å². The van der Waals surface area contributed by atoms with Crippen LogP contribution in [-0.2, 0) is 24.4 Å². The predicted octanol–water partition coefficient (Wildman–Crippen LogP) is 4.49. The molecule has 0 unspecified atom stereocenters. The molecule has 0 bridgehead atoms. The molecule has 1 aliphatic rings. The number of rotatable bonds is 4. The molecule has 27 heavy (non-hydrogen) atoms. The van der Waals surface area contributed by atoms with Crippen molar-refractivity contribution in [2.45, 2.75) is 19.7 Å². The van der Waals surface area contributed by atoms with Gasteiger partial charge in [0.25, 0.3) is 0 Å². The molecular weight excluding hydrogens is 345 g/mol. The molecule has 0 saturated carbocycles. The lowest BCUT2D eigenvalue weighted by Crippen LogP contribution is -2.17. The monoisotopic (exact) mass is 363 g/mol. The van der Waals surface area contributed by atoms with Gasteiger partial charge in [-0.05, 0) is 35.4 Å². The zero-order valence-corrected chi connectivity index (χ0v) is 14.6. The Hall–Kier alpha value is -3.41. The van der Waals surface area contributed by atoms with Gasteiger partial charge < -0.3 is 9.64 Å². The van der Waals surface area contributed by atoms with Crippen molar-refractivity contribution in [3.63, 3.8) is 0 Å². The zero-order valence-electron chi connectivity index (χ0n) is 14.6. The Labute approximate surface area is 156 Å². The molecule has 136 valence electrons. The molecule has 1 aliphatic heterocycles. The van der Waals surface area contributed by atoms with Crippen molar-refractivity contribution in [3.8, 4) is 0 Å². The molecule has 6 heteroatoms. The summed E-state index contributed by atoms with van der Waals surface area (Å²) in [4.78, 5) is 18.2. The van der Waals surface area contributed by atoms with E-state index in [9.17, 15) is 9.18 Å². The van der Waals surface area contributed by atoms with Crippen molar-refractivity contribution in [2.75, 3.05) is 10.2 Å². The van der Waals surface area contributed by atoms with Crippen LogP contribution in [0.25, 0.3) is 0 Å². The summed E-state index contributed by atoms with van der Waals surface area (Å²) >= 11 is 0. The highest BCUT2D eigenvalue weighted by atomic mass is 19.1. The maximum atomic E-state index is 14.6. The van der Waals surface area contributed by atoms with Gasteiger partial charge in [-0.25, -0.2) is 9.18 Å². The number of nitrogens with zero attached hydrogens (tertiary/aromatic N) is 2. The Morgan fingerprint density at radius 3 is 2.74 bits per heavy atom. The van der Waals surface area contributed by atoms with Crippen molar-refractivity contribution >= 4 is 17.5 Å². The first-order valence-electron chi connectivity index (χ1n) is 8.64. The highest BCUT2D eigenvalue weighted by Gasteiger charge is 2.22. The molecule has 3 aromatic rings. The molecule has 1 N–H and O–H groups in total. The first kappa shape index (κ1) is 17.0. The molecule has 2 aromatic carbocycles. The van der Waals surface area contributed by atoms with Crippen LogP contribution in [0.1, 0.15) is 16.8 Å². The highest BCUT2D eigenvalue weighted by molar-refractivity contribution is 5.85. The fraction of sp³-hybridized carbons (Fsp3) is 0.143. The maximum Gasteiger partial charge on any atom is 0.411 e. The summed E-state index contributed by atoms with van der Waals surface area (Å²) in [5.74, 6) is -0.399. The summed E-state index contributed by atoms with van der Waals surface area (Å²) in [5, 5.41) is 2.56. The van der Waals surface area contributed by atoms with E-state index in [-0.39, 0.29) is 6.61 Å². The second-order valence-corrected chi connectivity index (χ2v) is 6.32. The number of ether oxygens (including phenoxy) is 1. The van der Waals surface area contributed by atoms with Gasteiger partial charge in [-0.15, -0.1) is 0 Å². The van der Waals surface area contributed by atoms with Gasteiger partial charge in [-0.3, -0.25) is 10.3 Å². The number of hydrogen-bond acceptors (Lipinski definition) is 4. The lowest BCUT2D eigenvalue weighted by molar-refractivity contribution is 0.155. The van der Waals surface area contributed by atoms with Crippen molar-refractivity contribution in [1.29, 1.82) is 0 Å². The smallest absolute Gasteiger partial charge is 0.411 e. The first-order valence-corrected chi connectivity index (χ1v) is 8.64. The van der Waals surface area contributed by atoms with E-state index in [4.69, 9.17) is 4.74 Å². The number of fused-ring (bicyclic) bond motifs is 1. The number of carbonyl (C=O) groups excluding carboxylic acids is 1. The van der Waals surface area contributed by atoms with Crippen LogP contribution in [0.2, 0.25) is 0 Å². The van der Waals surface area contributed by atoms with Gasteiger partial charge in [0.05, 0.1) is 17.9 Å². The third-order valence-electron chi connectivity index (χ3n) is 4.43. The van der Waals surface area contributed by atoms with Crippen molar-refractivity contribution in [3.05, 3.63) is 89.5 Å². The standard InChI is InChI=1S/C21H18FN3O2/c22-18-11-17(24-21(26)27-14-15-5-2-1-3-6-15)8-9-20(18)25-12-16-7-4-10-23-19(16)13-25/h1-11H,12-14H2,(H,24,26). The summed E-state index contributed by atoms with van der Waals surface area (Å²) < 4.78 is 19.7. The number of carbonyl (C=O) groups is 1. The minimum atomic E-state index is -0.621. The van der Waals surface area contributed by atoms with Crippen LogP contribution in [0.15, 0.2) is 66.9 Å². The average molecular weight is 363 g/mol. The van der Waals surface area contributed by atoms with Crippen molar-refractivity contribution in [1.82, 2.24) is 4.98 Å². The molecule has 0 spiro atoms. The fourth-order valence-electron chi connectivity index (χ4n) is 3.09. The number of nitrogens with one attached hydrogen (secondary N) is 1.